The van der Waals surface area contributed by atoms with Crippen LogP contribution < -0.4 is 10.1 Å². The van der Waals surface area contributed by atoms with Gasteiger partial charge in [0.1, 0.15) is 5.75 Å². The van der Waals surface area contributed by atoms with E-state index < -0.39 is 18.2 Å². The van der Waals surface area contributed by atoms with Crippen LogP contribution in [-0.2, 0) is 16.8 Å². The third kappa shape index (κ3) is 4.35. The Morgan fingerprint density at radius 2 is 1.88 bits per heavy atom. The summed E-state index contributed by atoms with van der Waals surface area (Å²) in [6.45, 7) is 1.90. The lowest BCUT2D eigenvalue weighted by Gasteiger charge is -2.31. The van der Waals surface area contributed by atoms with Gasteiger partial charge in [0.2, 0.25) is 11.5 Å². The molecule has 1 unspecified atom stereocenters. The van der Waals surface area contributed by atoms with Crippen molar-refractivity contribution in [2.75, 3.05) is 0 Å². The van der Waals surface area contributed by atoms with Gasteiger partial charge in [-0.15, -0.1) is 0 Å². The topological polar surface area (TPSA) is 38.3 Å². The minimum atomic E-state index is -4.70. The van der Waals surface area contributed by atoms with Gasteiger partial charge in [-0.1, -0.05) is 36.2 Å². The van der Waals surface area contributed by atoms with E-state index in [9.17, 15) is 18.0 Å². The zero-order valence-corrected chi connectivity index (χ0v) is 18.9. The molecule has 2 aliphatic rings. The molecule has 0 radical (unpaired) electrons. The first-order valence-corrected chi connectivity index (χ1v) is 11.2. The number of alkyl halides is 3. The number of nitrogens with one attached hydrogen (secondary N) is 1. The number of hydrogen-bond donors (Lipinski definition) is 1. The Hall–Kier alpha value is -2.18. The van der Waals surface area contributed by atoms with E-state index in [1.807, 2.05) is 6.92 Å². The largest absolute Gasteiger partial charge is 0.472 e. The number of benzene rings is 2. The minimum absolute atomic E-state index is 0.102. The molecule has 0 aromatic heterocycles. The van der Waals surface area contributed by atoms with Gasteiger partial charge in [-0.25, -0.2) is 0 Å². The van der Waals surface area contributed by atoms with Gasteiger partial charge in [-0.3, -0.25) is 4.79 Å². The third-order valence-corrected chi connectivity index (χ3v) is 6.52. The van der Waals surface area contributed by atoms with Crippen LogP contribution in [0.2, 0.25) is 10.0 Å². The van der Waals surface area contributed by atoms with Crippen LogP contribution in [0.4, 0.5) is 13.2 Å². The molecule has 2 aromatic rings. The van der Waals surface area contributed by atoms with E-state index in [1.165, 1.54) is 30.3 Å². The molecule has 0 bridgehead atoms. The van der Waals surface area contributed by atoms with Crippen molar-refractivity contribution in [2.24, 2.45) is 0 Å². The maximum atomic E-state index is 14.3. The Morgan fingerprint density at radius 3 is 2.44 bits per heavy atom. The minimum Gasteiger partial charge on any atom is -0.472 e. The van der Waals surface area contributed by atoms with Crippen LogP contribution >= 0.6 is 23.2 Å². The van der Waals surface area contributed by atoms with Crippen LogP contribution in [0.25, 0.3) is 5.57 Å². The smallest absolute Gasteiger partial charge is 0.432 e. The summed E-state index contributed by atoms with van der Waals surface area (Å²) in [4.78, 5) is 12.3. The van der Waals surface area contributed by atoms with Crippen molar-refractivity contribution in [3.8, 4) is 5.75 Å². The summed E-state index contributed by atoms with van der Waals surface area (Å²) in [6.07, 6.45) is 0.0387. The number of ether oxygens (including phenoxy) is 1. The van der Waals surface area contributed by atoms with Gasteiger partial charge >= 0.3 is 6.18 Å². The second-order valence-electron chi connectivity index (χ2n) is 8.24. The van der Waals surface area contributed by atoms with E-state index in [4.69, 9.17) is 27.9 Å². The van der Waals surface area contributed by atoms with Crippen molar-refractivity contribution in [2.45, 2.75) is 56.8 Å². The fourth-order valence-electron chi connectivity index (χ4n) is 4.12. The summed E-state index contributed by atoms with van der Waals surface area (Å²) in [5, 5.41) is 3.16. The fourth-order valence-corrected chi connectivity index (χ4v) is 4.65. The average Bonchev–Trinajstić information content (AvgIpc) is 3.08. The molecule has 0 saturated heterocycles. The quantitative estimate of drug-likeness (QED) is 0.472. The molecule has 1 atom stereocenters. The van der Waals surface area contributed by atoms with Gasteiger partial charge in [-0.2, -0.15) is 13.2 Å². The molecule has 1 N–H and O–H groups in total. The number of rotatable bonds is 5. The van der Waals surface area contributed by atoms with Gasteiger partial charge in [0, 0.05) is 34.1 Å². The zero-order valence-electron chi connectivity index (χ0n) is 17.4. The third-order valence-electron chi connectivity index (χ3n) is 6.08. The number of carbonyl (C=O) groups excluding carboxylic acids is 1. The maximum absolute atomic E-state index is 14.3. The summed E-state index contributed by atoms with van der Waals surface area (Å²) < 4.78 is 48.5. The summed E-state index contributed by atoms with van der Waals surface area (Å²) in [7, 11) is 0. The number of carbonyl (C=O) groups is 1. The Kier molecular flexibility index (Phi) is 6.21. The van der Waals surface area contributed by atoms with E-state index in [0.29, 0.717) is 17.5 Å². The highest BCUT2D eigenvalue weighted by molar-refractivity contribution is 6.34. The van der Waals surface area contributed by atoms with Crippen LogP contribution in [-0.4, -0.2) is 18.1 Å². The van der Waals surface area contributed by atoms with E-state index in [2.05, 4.69) is 5.32 Å². The molecule has 1 aliphatic carbocycles. The van der Waals surface area contributed by atoms with E-state index >= 15 is 0 Å². The standard InChI is InChI=1S/C24H22Cl2F3NO2/c1-2-14(9-22(31)30-20-4-3-5-20)15-6-7-21-16(8-15)13-23(32-21,24(27,28)29)17-10-18(25)12-19(26)11-17/h6-12,20H,2-5,13H2,1H3,(H,30,31)/b14-9+. The number of fused-ring (bicyclic) bond motifs is 1. The monoisotopic (exact) mass is 483 g/mol. The molecular weight excluding hydrogens is 462 g/mol. The Balaban J connectivity index is 1.67. The first kappa shape index (κ1) is 23.0. The molecule has 8 heteroatoms. The van der Waals surface area contributed by atoms with Crippen molar-refractivity contribution in [1.29, 1.82) is 0 Å². The predicted octanol–water partition coefficient (Wildman–Crippen LogP) is 6.85. The van der Waals surface area contributed by atoms with Crippen LogP contribution in [0.15, 0.2) is 42.5 Å². The number of allylic oxidation sites excluding steroid dienone is 1. The molecular formula is C24H22Cl2F3NO2. The van der Waals surface area contributed by atoms with Gasteiger partial charge in [0.25, 0.3) is 0 Å². The van der Waals surface area contributed by atoms with Crippen molar-refractivity contribution < 1.29 is 22.7 Å². The number of hydrogen-bond acceptors (Lipinski definition) is 2. The summed E-state index contributed by atoms with van der Waals surface area (Å²) in [6, 6.07) is 8.93. The second-order valence-corrected chi connectivity index (χ2v) is 9.12. The van der Waals surface area contributed by atoms with Gasteiger partial charge in [0.15, 0.2) is 0 Å². The van der Waals surface area contributed by atoms with Gasteiger partial charge < -0.3 is 10.1 Å². The van der Waals surface area contributed by atoms with E-state index in [-0.39, 0.29) is 33.3 Å². The number of halogens is 5. The Labute approximate surface area is 194 Å². The molecule has 32 heavy (non-hydrogen) atoms. The fraction of sp³-hybridized carbons (Fsp3) is 0.375. The maximum Gasteiger partial charge on any atom is 0.432 e. The first-order chi connectivity index (χ1) is 15.1. The van der Waals surface area contributed by atoms with Crippen LogP contribution in [0.3, 0.4) is 0 Å². The SMILES string of the molecule is CC/C(=C\C(=O)NC1CCC1)c1ccc2c(c1)CC(c1cc(Cl)cc(Cl)c1)(C(F)(F)F)O2. The molecule has 1 aliphatic heterocycles. The van der Waals surface area contributed by atoms with Gasteiger partial charge in [-0.05, 0) is 72.7 Å². The molecule has 0 spiro atoms. The molecule has 2 aromatic carbocycles. The molecule has 1 fully saturated rings. The molecule has 170 valence electrons. The highest BCUT2D eigenvalue weighted by Crippen LogP contribution is 2.52. The number of amides is 1. The first-order valence-electron chi connectivity index (χ1n) is 10.5. The van der Waals surface area contributed by atoms with Crippen LogP contribution in [0, 0.1) is 0 Å². The van der Waals surface area contributed by atoms with Crippen molar-refractivity contribution in [1.82, 2.24) is 5.32 Å². The summed E-state index contributed by atoms with van der Waals surface area (Å²) in [5.74, 6) is -0.0296. The normalized spacial score (nSPS) is 21.0. The summed E-state index contributed by atoms with van der Waals surface area (Å²) >= 11 is 12.0. The summed E-state index contributed by atoms with van der Waals surface area (Å²) in [5.41, 5.74) is -0.873. The van der Waals surface area contributed by atoms with Crippen LogP contribution in [0.1, 0.15) is 49.3 Å². The van der Waals surface area contributed by atoms with Crippen molar-refractivity contribution in [3.05, 3.63) is 69.2 Å². The van der Waals surface area contributed by atoms with E-state index in [0.717, 1.165) is 24.8 Å². The lowest BCUT2D eigenvalue weighted by Crippen LogP contribution is -2.46. The highest BCUT2D eigenvalue weighted by Gasteiger charge is 2.61. The average molecular weight is 484 g/mol. The second kappa shape index (κ2) is 8.64. The molecule has 3 nitrogen and oxygen atoms in total. The van der Waals surface area contributed by atoms with Crippen molar-refractivity contribution >= 4 is 34.7 Å². The molecule has 4 rings (SSSR count). The van der Waals surface area contributed by atoms with Crippen molar-refractivity contribution in [3.63, 3.8) is 0 Å². The lowest BCUT2D eigenvalue weighted by atomic mass is 9.87. The van der Waals surface area contributed by atoms with Crippen LogP contribution in [0.5, 0.6) is 5.75 Å². The molecule has 1 saturated carbocycles. The Morgan fingerprint density at radius 1 is 1.19 bits per heavy atom. The zero-order chi connectivity index (χ0) is 23.1. The predicted molar refractivity (Wildman–Crippen MR) is 119 cm³/mol. The van der Waals surface area contributed by atoms with E-state index in [1.54, 1.807) is 12.1 Å². The molecule has 1 amide bonds. The highest BCUT2D eigenvalue weighted by atomic mass is 35.5. The van der Waals surface area contributed by atoms with Gasteiger partial charge in [0.05, 0.1) is 0 Å². The lowest BCUT2D eigenvalue weighted by molar-refractivity contribution is -0.248. The Bertz CT molecular complexity index is 1060. The molecule has 1 heterocycles.